The van der Waals surface area contributed by atoms with Crippen LogP contribution in [0.4, 0.5) is 4.39 Å². The molecule has 1 aliphatic carbocycles. The maximum absolute atomic E-state index is 14.8. The fourth-order valence-electron chi connectivity index (χ4n) is 4.43. The number of benzene rings is 1. The number of nitrogens with zero attached hydrogens (tertiary/aromatic N) is 1. The Morgan fingerprint density at radius 2 is 2.00 bits per heavy atom. The van der Waals surface area contributed by atoms with Gasteiger partial charge >= 0.3 is 0 Å². The Morgan fingerprint density at radius 3 is 2.55 bits per heavy atom. The third-order valence-corrected chi connectivity index (χ3v) is 7.64. The molecule has 2 atom stereocenters. The van der Waals surface area contributed by atoms with E-state index >= 15 is 0 Å². The minimum absolute atomic E-state index is 0.0467. The van der Waals surface area contributed by atoms with Crippen molar-refractivity contribution in [1.82, 2.24) is 10.2 Å². The second-order valence-corrected chi connectivity index (χ2v) is 10.2. The number of carbonyl (C=O) groups is 1. The molecule has 1 aromatic carbocycles. The number of halogens is 2. The van der Waals surface area contributed by atoms with Crippen molar-refractivity contribution in [3.8, 4) is 0 Å². The summed E-state index contributed by atoms with van der Waals surface area (Å²) >= 11 is 6.00. The highest BCUT2D eigenvalue weighted by molar-refractivity contribution is 6.30. The number of rotatable bonds is 8. The molecular formula is C24H36ClFN2O. The average molecular weight is 423 g/mol. The molecule has 29 heavy (non-hydrogen) atoms. The summed E-state index contributed by atoms with van der Waals surface area (Å²) in [6, 6.07) is 7.60. The molecule has 2 fully saturated rings. The van der Waals surface area contributed by atoms with E-state index in [4.69, 9.17) is 11.6 Å². The van der Waals surface area contributed by atoms with E-state index in [-0.39, 0.29) is 11.8 Å². The van der Waals surface area contributed by atoms with Crippen LogP contribution < -0.4 is 5.32 Å². The van der Waals surface area contributed by atoms with Crippen molar-refractivity contribution in [2.24, 2.45) is 11.3 Å². The van der Waals surface area contributed by atoms with Crippen molar-refractivity contribution in [3.05, 3.63) is 34.9 Å². The first-order chi connectivity index (χ1) is 13.8. The van der Waals surface area contributed by atoms with Gasteiger partial charge in [-0.2, -0.15) is 0 Å². The minimum Gasteiger partial charge on any atom is -0.355 e. The monoisotopic (exact) mass is 422 g/mol. The molecule has 162 valence electrons. The minimum atomic E-state index is -0.873. The molecule has 0 unspecified atom stereocenters. The fourth-order valence-corrected chi connectivity index (χ4v) is 4.55. The lowest BCUT2D eigenvalue weighted by Crippen LogP contribution is -2.52. The third-order valence-electron chi connectivity index (χ3n) is 7.39. The average Bonchev–Trinajstić information content (AvgIpc) is 2.66. The van der Waals surface area contributed by atoms with Crippen LogP contribution in [-0.2, 0) is 10.2 Å². The van der Waals surface area contributed by atoms with E-state index < -0.39 is 11.6 Å². The van der Waals surface area contributed by atoms with Crippen LogP contribution in [0.2, 0.25) is 5.02 Å². The molecule has 1 saturated heterocycles. The van der Waals surface area contributed by atoms with Gasteiger partial charge in [-0.3, -0.25) is 4.79 Å². The van der Waals surface area contributed by atoms with E-state index in [0.717, 1.165) is 57.2 Å². The third kappa shape index (κ3) is 5.32. The molecule has 1 amide bonds. The number of amides is 1. The first kappa shape index (κ1) is 22.6. The Labute approximate surface area is 180 Å². The summed E-state index contributed by atoms with van der Waals surface area (Å²) in [5, 5.41) is 3.77. The van der Waals surface area contributed by atoms with E-state index in [1.54, 1.807) is 0 Å². The van der Waals surface area contributed by atoms with Crippen LogP contribution in [0, 0.1) is 11.3 Å². The van der Waals surface area contributed by atoms with Gasteiger partial charge in [0.1, 0.15) is 6.17 Å². The maximum Gasteiger partial charge on any atom is 0.230 e. The molecule has 5 heteroatoms. The molecular weight excluding hydrogens is 387 g/mol. The van der Waals surface area contributed by atoms with Gasteiger partial charge in [0.2, 0.25) is 5.91 Å². The topological polar surface area (TPSA) is 32.3 Å². The number of hydrogen-bond acceptors (Lipinski definition) is 2. The van der Waals surface area contributed by atoms with Crippen molar-refractivity contribution in [2.75, 3.05) is 26.2 Å². The van der Waals surface area contributed by atoms with Crippen molar-refractivity contribution in [1.29, 1.82) is 0 Å². The van der Waals surface area contributed by atoms with Gasteiger partial charge in [-0.15, -0.1) is 0 Å². The number of likely N-dealkylation sites (tertiary alicyclic amines) is 1. The van der Waals surface area contributed by atoms with Crippen LogP contribution in [0.3, 0.4) is 0 Å². The number of alkyl halides is 1. The van der Waals surface area contributed by atoms with Crippen molar-refractivity contribution in [2.45, 2.75) is 70.9 Å². The first-order valence-corrected chi connectivity index (χ1v) is 11.5. The van der Waals surface area contributed by atoms with Crippen molar-refractivity contribution in [3.63, 3.8) is 0 Å². The lowest BCUT2D eigenvalue weighted by atomic mass is 9.63. The highest BCUT2D eigenvalue weighted by Gasteiger charge is 2.45. The molecule has 1 aliphatic heterocycles. The number of carbonyl (C=O) groups excluding carboxylic acids is 1. The zero-order valence-corrected chi connectivity index (χ0v) is 18.9. The van der Waals surface area contributed by atoms with E-state index in [1.165, 1.54) is 0 Å². The molecule has 0 bridgehead atoms. The molecule has 2 aliphatic rings. The molecule has 0 radical (unpaired) electrons. The van der Waals surface area contributed by atoms with Crippen LogP contribution in [0.15, 0.2) is 24.3 Å². The van der Waals surface area contributed by atoms with E-state index in [9.17, 15) is 9.18 Å². The van der Waals surface area contributed by atoms with Crippen LogP contribution in [0.1, 0.15) is 64.9 Å². The number of piperidine rings is 1. The lowest BCUT2D eigenvalue weighted by Gasteiger charge is -2.42. The highest BCUT2D eigenvalue weighted by atomic mass is 35.5. The van der Waals surface area contributed by atoms with Crippen LogP contribution in [0.5, 0.6) is 0 Å². The summed E-state index contributed by atoms with van der Waals surface area (Å²) in [5.41, 5.74) is 0.883. The predicted molar refractivity (Wildman–Crippen MR) is 118 cm³/mol. The molecule has 0 aromatic heterocycles. The second-order valence-electron chi connectivity index (χ2n) is 9.79. The molecule has 1 heterocycles. The predicted octanol–water partition coefficient (Wildman–Crippen LogP) is 5.36. The summed E-state index contributed by atoms with van der Waals surface area (Å²) < 4.78 is 14.8. The molecule has 1 N–H and O–H groups in total. The summed E-state index contributed by atoms with van der Waals surface area (Å²) in [6.45, 7) is 9.57. The van der Waals surface area contributed by atoms with E-state index in [2.05, 4.69) is 31.0 Å². The first-order valence-electron chi connectivity index (χ1n) is 11.2. The Balaban J connectivity index is 1.50. The normalized spacial score (nSPS) is 24.7. The van der Waals surface area contributed by atoms with Gasteiger partial charge in [0.25, 0.3) is 0 Å². The zero-order chi connectivity index (χ0) is 21.1. The maximum atomic E-state index is 14.8. The Morgan fingerprint density at radius 1 is 1.31 bits per heavy atom. The molecule has 1 aromatic rings. The molecule has 3 nitrogen and oxygen atoms in total. The standard InChI is InChI=1S/C24H36ClFN2O/c1-4-23(2,3)13-15-28-14-10-18(21(26)17-28)16-27-22(29)24(11-5-12-24)19-6-8-20(25)9-7-19/h6-9,18,21H,4-5,10-17H2,1-3H3,(H,27,29)/t18-,21-/m0/s1. The van der Waals surface area contributed by atoms with Crippen molar-refractivity contribution < 1.29 is 9.18 Å². The van der Waals surface area contributed by atoms with E-state index in [0.29, 0.717) is 23.5 Å². The van der Waals surface area contributed by atoms with Crippen LogP contribution in [-0.4, -0.2) is 43.2 Å². The Bertz CT molecular complexity index is 687. The lowest BCUT2D eigenvalue weighted by molar-refractivity contribution is -0.130. The zero-order valence-electron chi connectivity index (χ0n) is 18.1. The summed E-state index contributed by atoms with van der Waals surface area (Å²) in [6.07, 6.45) is 4.93. The number of nitrogens with one attached hydrogen (secondary N) is 1. The Kier molecular flexibility index (Phi) is 7.27. The Hall–Kier alpha value is -1.13. The molecule has 3 rings (SSSR count). The van der Waals surface area contributed by atoms with Gasteiger partial charge in [0.15, 0.2) is 0 Å². The van der Waals surface area contributed by atoms with Gasteiger partial charge in [0.05, 0.1) is 5.41 Å². The smallest absolute Gasteiger partial charge is 0.230 e. The van der Waals surface area contributed by atoms with Crippen molar-refractivity contribution >= 4 is 17.5 Å². The van der Waals surface area contributed by atoms with Gasteiger partial charge in [-0.25, -0.2) is 4.39 Å². The fraction of sp³-hybridized carbons (Fsp3) is 0.708. The summed E-state index contributed by atoms with van der Waals surface area (Å²) in [7, 11) is 0. The highest BCUT2D eigenvalue weighted by Crippen LogP contribution is 2.44. The van der Waals surface area contributed by atoms with Crippen LogP contribution in [0.25, 0.3) is 0 Å². The van der Waals surface area contributed by atoms with Gasteiger partial charge in [0, 0.05) is 24.0 Å². The quantitative estimate of drug-likeness (QED) is 0.611. The van der Waals surface area contributed by atoms with Crippen LogP contribution >= 0.6 is 11.6 Å². The van der Waals surface area contributed by atoms with Gasteiger partial charge in [-0.05, 0) is 61.9 Å². The largest absolute Gasteiger partial charge is 0.355 e. The number of hydrogen-bond donors (Lipinski definition) is 1. The van der Waals surface area contributed by atoms with Gasteiger partial charge in [-0.1, -0.05) is 57.3 Å². The second kappa shape index (κ2) is 9.34. The summed E-state index contributed by atoms with van der Waals surface area (Å²) in [4.78, 5) is 15.3. The molecule has 0 spiro atoms. The summed E-state index contributed by atoms with van der Waals surface area (Å²) in [5.74, 6) is -0.0397. The van der Waals surface area contributed by atoms with Gasteiger partial charge < -0.3 is 10.2 Å². The SMILES string of the molecule is CCC(C)(C)CCN1CC[C@@H](CNC(=O)C2(c3ccc(Cl)cc3)CCC2)[C@@H](F)C1. The molecule has 1 saturated carbocycles. The van der Waals surface area contributed by atoms with E-state index in [1.807, 2.05) is 24.3 Å².